The number of hydrogen-bond donors (Lipinski definition) is 3. The topological polar surface area (TPSA) is 64.1 Å². The van der Waals surface area contributed by atoms with Gasteiger partial charge < -0.3 is 5.73 Å². The van der Waals surface area contributed by atoms with Gasteiger partial charge in [0.1, 0.15) is 0 Å². The highest BCUT2D eigenvalue weighted by Crippen LogP contribution is 2.33. The Balaban J connectivity index is 2.55. The van der Waals surface area contributed by atoms with Crippen LogP contribution in [-0.2, 0) is 0 Å². The molecule has 100 valence electrons. The summed E-state index contributed by atoms with van der Waals surface area (Å²) in [6.07, 6.45) is 0. The second-order valence-corrected chi connectivity index (χ2v) is 5.80. The van der Waals surface area contributed by atoms with Crippen LogP contribution in [-0.4, -0.2) is 0 Å². The van der Waals surface area contributed by atoms with Crippen molar-refractivity contribution in [1.82, 2.24) is 5.43 Å². The first-order valence-corrected chi connectivity index (χ1v) is 7.04. The van der Waals surface area contributed by atoms with Crippen molar-refractivity contribution in [3.63, 3.8) is 0 Å². The summed E-state index contributed by atoms with van der Waals surface area (Å²) in [6.45, 7) is 0. The van der Waals surface area contributed by atoms with Crippen LogP contribution in [0.3, 0.4) is 0 Å². The maximum atomic E-state index is 6.21. The highest BCUT2D eigenvalue weighted by molar-refractivity contribution is 9.10. The third-order valence-electron chi connectivity index (χ3n) is 2.80. The van der Waals surface area contributed by atoms with Crippen molar-refractivity contribution in [1.29, 1.82) is 0 Å². The van der Waals surface area contributed by atoms with Crippen LogP contribution < -0.4 is 17.0 Å². The zero-order valence-corrected chi connectivity index (χ0v) is 12.9. The van der Waals surface area contributed by atoms with E-state index in [4.69, 9.17) is 34.8 Å². The molecule has 0 amide bonds. The van der Waals surface area contributed by atoms with E-state index in [2.05, 4.69) is 21.4 Å². The first-order valence-electron chi connectivity index (χ1n) is 5.49. The van der Waals surface area contributed by atoms with Gasteiger partial charge in [-0.15, -0.1) is 0 Å². The van der Waals surface area contributed by atoms with Crippen molar-refractivity contribution in [3.8, 4) is 0 Å². The molecule has 1 atom stereocenters. The summed E-state index contributed by atoms with van der Waals surface area (Å²) in [4.78, 5) is 0. The third-order valence-corrected chi connectivity index (χ3v) is 3.87. The van der Waals surface area contributed by atoms with Crippen LogP contribution in [0.1, 0.15) is 17.2 Å². The van der Waals surface area contributed by atoms with Crippen molar-refractivity contribution in [3.05, 3.63) is 62.0 Å². The highest BCUT2D eigenvalue weighted by atomic mass is 79.9. The lowest BCUT2D eigenvalue weighted by atomic mass is 9.98. The fourth-order valence-electron chi connectivity index (χ4n) is 1.88. The monoisotopic (exact) mass is 359 g/mol. The Morgan fingerprint density at radius 1 is 1.05 bits per heavy atom. The summed E-state index contributed by atoms with van der Waals surface area (Å²) in [5.41, 5.74) is 11.0. The number of halogens is 3. The summed E-state index contributed by atoms with van der Waals surface area (Å²) >= 11 is 15.6. The maximum Gasteiger partial charge on any atom is 0.0745 e. The molecule has 0 bridgehead atoms. The van der Waals surface area contributed by atoms with E-state index in [9.17, 15) is 0 Å². The van der Waals surface area contributed by atoms with Crippen molar-refractivity contribution >= 4 is 44.8 Å². The molecular weight excluding hydrogens is 349 g/mol. The normalized spacial score (nSPS) is 12.4. The van der Waals surface area contributed by atoms with E-state index in [1.165, 1.54) is 0 Å². The van der Waals surface area contributed by atoms with Gasteiger partial charge in [0.25, 0.3) is 0 Å². The Bertz CT molecular complexity index is 553. The lowest BCUT2D eigenvalue weighted by Gasteiger charge is -2.20. The van der Waals surface area contributed by atoms with Crippen molar-refractivity contribution in [2.75, 3.05) is 5.73 Å². The van der Waals surface area contributed by atoms with Gasteiger partial charge in [-0.2, -0.15) is 0 Å². The fraction of sp³-hybridized carbons (Fsp3) is 0.0769. The average molecular weight is 361 g/mol. The Morgan fingerprint density at radius 2 is 1.79 bits per heavy atom. The van der Waals surface area contributed by atoms with E-state index in [1.807, 2.05) is 18.2 Å². The summed E-state index contributed by atoms with van der Waals surface area (Å²) in [5.74, 6) is 5.65. The molecule has 2 aromatic rings. The van der Waals surface area contributed by atoms with Crippen LogP contribution in [0, 0.1) is 0 Å². The number of nitrogens with one attached hydrogen (secondary N) is 1. The molecule has 0 aliphatic carbocycles. The van der Waals surface area contributed by atoms with Gasteiger partial charge in [-0.1, -0.05) is 39.1 Å². The van der Waals surface area contributed by atoms with Gasteiger partial charge in [-0.3, -0.25) is 5.84 Å². The molecule has 0 aromatic heterocycles. The predicted molar refractivity (Wildman–Crippen MR) is 84.2 cm³/mol. The van der Waals surface area contributed by atoms with E-state index in [-0.39, 0.29) is 6.04 Å². The number of anilines is 1. The fourth-order valence-corrected chi connectivity index (χ4v) is 2.66. The lowest BCUT2D eigenvalue weighted by Crippen LogP contribution is -2.29. The Hall–Kier alpha value is -0.780. The smallest absolute Gasteiger partial charge is 0.0745 e. The van der Waals surface area contributed by atoms with Crippen molar-refractivity contribution in [2.24, 2.45) is 5.84 Å². The average Bonchev–Trinajstić information content (AvgIpc) is 2.38. The minimum absolute atomic E-state index is 0.330. The quantitative estimate of drug-likeness (QED) is 0.442. The minimum atomic E-state index is -0.330. The van der Waals surface area contributed by atoms with Gasteiger partial charge >= 0.3 is 0 Å². The summed E-state index contributed by atoms with van der Waals surface area (Å²) < 4.78 is 0.912. The number of hydrogen-bond acceptors (Lipinski definition) is 3. The molecule has 5 N–H and O–H groups in total. The second kappa shape index (κ2) is 6.11. The van der Waals surface area contributed by atoms with Gasteiger partial charge in [-0.25, -0.2) is 5.43 Å². The van der Waals surface area contributed by atoms with Crippen molar-refractivity contribution in [2.45, 2.75) is 6.04 Å². The van der Waals surface area contributed by atoms with Crippen LogP contribution in [0.15, 0.2) is 40.9 Å². The molecule has 0 aliphatic rings. The molecule has 0 spiro atoms. The summed E-state index contributed by atoms with van der Waals surface area (Å²) in [7, 11) is 0. The Kier molecular flexibility index (Phi) is 4.71. The molecule has 0 fully saturated rings. The number of rotatable bonds is 3. The molecule has 0 radical (unpaired) electrons. The summed E-state index contributed by atoms with van der Waals surface area (Å²) in [6, 6.07) is 10.5. The Morgan fingerprint density at radius 3 is 2.47 bits per heavy atom. The van der Waals surface area contributed by atoms with Gasteiger partial charge in [0.15, 0.2) is 0 Å². The Labute approximate surface area is 130 Å². The molecule has 2 aromatic carbocycles. The molecule has 1 unspecified atom stereocenters. The molecule has 19 heavy (non-hydrogen) atoms. The highest BCUT2D eigenvalue weighted by Gasteiger charge is 2.18. The van der Waals surface area contributed by atoms with Crippen LogP contribution >= 0.6 is 39.1 Å². The van der Waals surface area contributed by atoms with Gasteiger partial charge in [-0.05, 0) is 47.5 Å². The molecule has 0 saturated heterocycles. The lowest BCUT2D eigenvalue weighted by molar-refractivity contribution is 0.638. The zero-order valence-electron chi connectivity index (χ0n) is 9.83. The number of nitrogens with two attached hydrogens (primary N) is 2. The van der Waals surface area contributed by atoms with Gasteiger partial charge in [0.05, 0.1) is 6.04 Å². The van der Waals surface area contributed by atoms with Crippen LogP contribution in [0.4, 0.5) is 5.69 Å². The van der Waals surface area contributed by atoms with Gasteiger partial charge in [0.2, 0.25) is 0 Å². The van der Waals surface area contributed by atoms with Crippen LogP contribution in [0.25, 0.3) is 0 Å². The SMILES string of the molecule is NNC(c1cc(Br)ccc1N)c1cc(Cl)ccc1Cl. The minimum Gasteiger partial charge on any atom is -0.398 e. The van der Waals surface area contributed by atoms with E-state index < -0.39 is 0 Å². The third kappa shape index (κ3) is 3.22. The molecule has 0 saturated carbocycles. The first-order chi connectivity index (χ1) is 9.02. The number of hydrazine groups is 1. The van der Waals surface area contributed by atoms with Crippen LogP contribution in [0.5, 0.6) is 0 Å². The number of nitrogen functional groups attached to an aromatic ring is 1. The van der Waals surface area contributed by atoms with Crippen molar-refractivity contribution < 1.29 is 0 Å². The molecule has 0 heterocycles. The summed E-state index contributed by atoms with van der Waals surface area (Å²) in [5, 5.41) is 1.17. The van der Waals surface area contributed by atoms with E-state index >= 15 is 0 Å². The molecule has 3 nitrogen and oxygen atoms in total. The molecule has 6 heteroatoms. The zero-order chi connectivity index (χ0) is 14.0. The second-order valence-electron chi connectivity index (χ2n) is 4.04. The number of benzene rings is 2. The van der Waals surface area contributed by atoms with E-state index in [0.29, 0.717) is 15.7 Å². The van der Waals surface area contributed by atoms with Gasteiger partial charge in [0, 0.05) is 20.2 Å². The molecule has 2 rings (SSSR count). The standard InChI is InChI=1S/C13H12BrCl2N3/c14-7-1-4-12(17)10(5-7)13(19-18)9-6-8(15)2-3-11(9)16/h1-6,13,19H,17-18H2. The molecular formula is C13H12BrCl2N3. The maximum absolute atomic E-state index is 6.21. The molecule has 0 aliphatic heterocycles. The van der Waals surface area contributed by atoms with E-state index in [1.54, 1.807) is 18.2 Å². The first kappa shape index (κ1) is 14.6. The van der Waals surface area contributed by atoms with Crippen LogP contribution in [0.2, 0.25) is 10.0 Å². The largest absolute Gasteiger partial charge is 0.398 e. The van der Waals surface area contributed by atoms with E-state index in [0.717, 1.165) is 15.6 Å². The predicted octanol–water partition coefficient (Wildman–Crippen LogP) is 3.89.